The third kappa shape index (κ3) is 5.31. The van der Waals surface area contributed by atoms with E-state index in [2.05, 4.69) is 5.32 Å². The fraction of sp³-hybridized carbons (Fsp3) is 0.533. The zero-order valence-corrected chi connectivity index (χ0v) is 13.3. The quantitative estimate of drug-likeness (QED) is 0.802. The van der Waals surface area contributed by atoms with Gasteiger partial charge < -0.3 is 15.3 Å². The highest BCUT2D eigenvalue weighted by Crippen LogP contribution is 2.30. The summed E-state index contributed by atoms with van der Waals surface area (Å²) >= 11 is 0.874. The minimum atomic E-state index is -2.48. The van der Waals surface area contributed by atoms with E-state index in [1.165, 1.54) is 12.1 Å². The monoisotopic (exact) mass is 348 g/mol. The van der Waals surface area contributed by atoms with Gasteiger partial charge in [0.15, 0.2) is 0 Å². The molecule has 0 unspecified atom stereocenters. The minimum absolute atomic E-state index is 0.105. The highest BCUT2D eigenvalue weighted by atomic mass is 32.2. The largest absolute Gasteiger partial charge is 0.396 e. The molecule has 1 fully saturated rings. The molecule has 1 heterocycles. The molecule has 23 heavy (non-hydrogen) atoms. The van der Waals surface area contributed by atoms with Crippen LogP contribution in [0.15, 0.2) is 23.1 Å². The second-order valence-electron chi connectivity index (χ2n) is 5.39. The lowest BCUT2D eigenvalue weighted by Crippen LogP contribution is -2.41. The average molecular weight is 348 g/mol. The lowest BCUT2D eigenvalue weighted by atomic mass is 9.98. The summed E-state index contributed by atoms with van der Waals surface area (Å²) < 4.78 is 38.1. The summed E-state index contributed by atoms with van der Waals surface area (Å²) in [7, 11) is 0. The number of benzene rings is 1. The fourth-order valence-electron chi connectivity index (χ4n) is 2.39. The van der Waals surface area contributed by atoms with Gasteiger partial charge in [-0.25, -0.2) is 18.0 Å². The van der Waals surface area contributed by atoms with Crippen molar-refractivity contribution in [3.05, 3.63) is 24.0 Å². The van der Waals surface area contributed by atoms with E-state index in [4.69, 9.17) is 5.11 Å². The maximum absolute atomic E-state index is 13.4. The third-order valence-electron chi connectivity index (χ3n) is 3.71. The van der Waals surface area contributed by atoms with Crippen LogP contribution in [0, 0.1) is 11.7 Å². The van der Waals surface area contributed by atoms with Gasteiger partial charge in [0.1, 0.15) is 5.82 Å². The molecule has 1 aliphatic heterocycles. The van der Waals surface area contributed by atoms with Gasteiger partial charge >= 0.3 is 6.03 Å². The van der Waals surface area contributed by atoms with E-state index in [0.29, 0.717) is 30.8 Å². The van der Waals surface area contributed by atoms with E-state index in [0.717, 1.165) is 17.8 Å². The van der Waals surface area contributed by atoms with Crippen molar-refractivity contribution < 1.29 is 23.1 Å². The molecule has 1 aliphatic rings. The molecule has 2 N–H and O–H groups in total. The standard InChI is InChI=1S/C15H19F3N2O2S/c16-11-1-2-13(23-9-14(17)18)12(7-11)19-15(22)20-5-3-10(8-21)4-6-20/h1-2,7,10,14,21H,3-6,8-9H2,(H,19,22). The third-order valence-corrected chi connectivity index (χ3v) is 4.79. The van der Waals surface area contributed by atoms with Gasteiger partial charge in [-0.1, -0.05) is 0 Å². The molecule has 0 saturated carbocycles. The van der Waals surface area contributed by atoms with Crippen LogP contribution < -0.4 is 5.32 Å². The van der Waals surface area contributed by atoms with Crippen LogP contribution in [0.25, 0.3) is 0 Å². The Morgan fingerprint density at radius 2 is 2.09 bits per heavy atom. The number of aliphatic hydroxyl groups is 1. The van der Waals surface area contributed by atoms with Crippen molar-refractivity contribution in [1.29, 1.82) is 0 Å². The number of nitrogens with one attached hydrogen (secondary N) is 1. The Labute approximate surface area is 137 Å². The van der Waals surface area contributed by atoms with Gasteiger partial charge in [-0.15, -0.1) is 11.8 Å². The molecule has 0 aromatic heterocycles. The molecular weight excluding hydrogens is 329 g/mol. The Kier molecular flexibility index (Phi) is 6.59. The maximum atomic E-state index is 13.4. The van der Waals surface area contributed by atoms with Crippen LogP contribution in [0.5, 0.6) is 0 Å². The number of thioether (sulfide) groups is 1. The summed E-state index contributed by atoms with van der Waals surface area (Å²) in [6.45, 7) is 1.12. The summed E-state index contributed by atoms with van der Waals surface area (Å²) in [6, 6.07) is 3.31. The van der Waals surface area contributed by atoms with E-state index < -0.39 is 18.0 Å². The van der Waals surface area contributed by atoms with Crippen molar-refractivity contribution in [3.63, 3.8) is 0 Å². The van der Waals surface area contributed by atoms with Crippen molar-refractivity contribution in [2.45, 2.75) is 24.2 Å². The number of aliphatic hydroxyl groups excluding tert-OH is 1. The molecule has 8 heteroatoms. The number of urea groups is 1. The van der Waals surface area contributed by atoms with E-state index in [1.54, 1.807) is 4.90 Å². The summed E-state index contributed by atoms with van der Waals surface area (Å²) in [5.41, 5.74) is 0.199. The van der Waals surface area contributed by atoms with Crippen LogP contribution in [-0.2, 0) is 0 Å². The van der Waals surface area contributed by atoms with Crippen molar-refractivity contribution >= 4 is 23.5 Å². The molecule has 0 aliphatic carbocycles. The zero-order valence-electron chi connectivity index (χ0n) is 12.5. The van der Waals surface area contributed by atoms with Crippen LogP contribution in [0.4, 0.5) is 23.7 Å². The first-order valence-electron chi connectivity index (χ1n) is 7.37. The summed E-state index contributed by atoms with van der Waals surface area (Å²) in [5.74, 6) is -0.762. The number of carbonyl (C=O) groups is 1. The Bertz CT molecular complexity index is 537. The first kappa shape index (κ1) is 17.9. The zero-order chi connectivity index (χ0) is 16.8. The number of halogens is 3. The highest BCUT2D eigenvalue weighted by molar-refractivity contribution is 7.99. The smallest absolute Gasteiger partial charge is 0.321 e. The number of rotatable bonds is 5. The van der Waals surface area contributed by atoms with Crippen molar-refractivity contribution in [3.8, 4) is 0 Å². The first-order valence-corrected chi connectivity index (χ1v) is 8.35. The lowest BCUT2D eigenvalue weighted by Gasteiger charge is -2.31. The molecule has 0 radical (unpaired) electrons. The molecule has 1 aromatic carbocycles. The fourth-order valence-corrected chi connectivity index (χ4v) is 3.13. The van der Waals surface area contributed by atoms with Crippen LogP contribution in [0.3, 0.4) is 0 Å². The van der Waals surface area contributed by atoms with Gasteiger partial charge in [0.25, 0.3) is 0 Å². The molecule has 4 nitrogen and oxygen atoms in total. The van der Waals surface area contributed by atoms with Gasteiger partial charge in [-0.3, -0.25) is 0 Å². The molecule has 1 aromatic rings. The molecule has 2 amide bonds. The molecule has 1 saturated heterocycles. The van der Waals surface area contributed by atoms with Gasteiger partial charge in [0.05, 0.1) is 11.4 Å². The van der Waals surface area contributed by atoms with Crippen LogP contribution >= 0.6 is 11.8 Å². The number of hydrogen-bond acceptors (Lipinski definition) is 3. The van der Waals surface area contributed by atoms with E-state index in [-0.39, 0.29) is 24.2 Å². The molecule has 128 valence electrons. The highest BCUT2D eigenvalue weighted by Gasteiger charge is 2.23. The maximum Gasteiger partial charge on any atom is 0.321 e. The molecule has 0 bridgehead atoms. The molecule has 2 rings (SSSR count). The van der Waals surface area contributed by atoms with Crippen molar-refractivity contribution in [2.75, 3.05) is 30.8 Å². The van der Waals surface area contributed by atoms with Gasteiger partial charge in [-0.05, 0) is 37.0 Å². The first-order chi connectivity index (χ1) is 11.0. The van der Waals surface area contributed by atoms with Crippen molar-refractivity contribution in [1.82, 2.24) is 4.90 Å². The topological polar surface area (TPSA) is 52.6 Å². The molecular formula is C15H19F3N2O2S. The van der Waals surface area contributed by atoms with Gasteiger partial charge in [0.2, 0.25) is 6.43 Å². The van der Waals surface area contributed by atoms with Crippen LogP contribution in [0.2, 0.25) is 0 Å². The summed E-state index contributed by atoms with van der Waals surface area (Å²) in [5, 5.41) is 11.7. The number of hydrogen-bond donors (Lipinski definition) is 2. The SMILES string of the molecule is O=C(Nc1cc(F)ccc1SCC(F)F)N1CCC(CO)CC1. The minimum Gasteiger partial charge on any atom is -0.396 e. The number of anilines is 1. The number of piperidine rings is 1. The molecule has 0 atom stereocenters. The predicted molar refractivity (Wildman–Crippen MR) is 83.5 cm³/mol. The van der Waals surface area contributed by atoms with E-state index in [9.17, 15) is 18.0 Å². The second kappa shape index (κ2) is 8.44. The number of amides is 2. The van der Waals surface area contributed by atoms with E-state index >= 15 is 0 Å². The van der Waals surface area contributed by atoms with Gasteiger partial charge in [-0.2, -0.15) is 0 Å². The average Bonchev–Trinajstić information content (AvgIpc) is 2.54. The van der Waals surface area contributed by atoms with Crippen LogP contribution in [0.1, 0.15) is 12.8 Å². The van der Waals surface area contributed by atoms with Crippen molar-refractivity contribution in [2.24, 2.45) is 5.92 Å². The number of nitrogens with zero attached hydrogens (tertiary/aromatic N) is 1. The Morgan fingerprint density at radius 3 is 2.70 bits per heavy atom. The molecule has 0 spiro atoms. The normalized spacial score (nSPS) is 16.0. The number of likely N-dealkylation sites (tertiary alicyclic amines) is 1. The lowest BCUT2D eigenvalue weighted by molar-refractivity contribution is 0.143. The van der Waals surface area contributed by atoms with Crippen LogP contribution in [-0.4, -0.2) is 47.9 Å². The Balaban J connectivity index is 2.00. The van der Waals surface area contributed by atoms with Gasteiger partial charge in [0, 0.05) is 24.6 Å². The number of alkyl halides is 2. The Hall–Kier alpha value is -1.41. The Morgan fingerprint density at radius 1 is 1.39 bits per heavy atom. The second-order valence-corrected chi connectivity index (χ2v) is 6.45. The summed E-state index contributed by atoms with van der Waals surface area (Å²) in [4.78, 5) is 14.2. The summed E-state index contributed by atoms with van der Waals surface area (Å²) in [6.07, 6.45) is -1.06. The predicted octanol–water partition coefficient (Wildman–Crippen LogP) is 3.42. The van der Waals surface area contributed by atoms with E-state index in [1.807, 2.05) is 0 Å². The number of carbonyl (C=O) groups excluding carboxylic acids is 1.